The Morgan fingerprint density at radius 2 is 1.78 bits per heavy atom. The number of halogens is 1. The molecule has 0 fully saturated rings. The molecule has 2 aromatic carbocycles. The largest absolute Gasteiger partial charge is 0.507 e. The summed E-state index contributed by atoms with van der Waals surface area (Å²) in [6, 6.07) is 8.77. The number of phenolic OH excluding ortho intramolecular Hbond substituents is 2. The van der Waals surface area contributed by atoms with Gasteiger partial charge >= 0.3 is 0 Å². The number of rotatable bonds is 1. The molecule has 3 aromatic rings. The van der Waals surface area contributed by atoms with E-state index in [4.69, 9.17) is 0 Å². The lowest BCUT2D eigenvalue weighted by molar-refractivity contribution is 0.454. The van der Waals surface area contributed by atoms with Crippen molar-refractivity contribution in [1.29, 1.82) is 0 Å². The quantitative estimate of drug-likeness (QED) is 0.704. The molecule has 0 atom stereocenters. The monoisotopic (exact) mass is 261 g/mol. The minimum absolute atomic E-state index is 0.0467. The Morgan fingerprint density at radius 3 is 2.50 bits per heavy atom. The van der Waals surface area contributed by atoms with Gasteiger partial charge in [0.2, 0.25) is 0 Å². The van der Waals surface area contributed by atoms with E-state index in [1.165, 1.54) is 35.6 Å². The van der Waals surface area contributed by atoms with Gasteiger partial charge in [0.25, 0.3) is 0 Å². The minimum Gasteiger partial charge on any atom is -0.507 e. The molecule has 18 heavy (non-hydrogen) atoms. The Labute approximate surface area is 106 Å². The molecule has 3 rings (SSSR count). The van der Waals surface area contributed by atoms with Crippen molar-refractivity contribution >= 4 is 21.6 Å². The Morgan fingerprint density at radius 1 is 1.06 bits per heavy atom. The molecule has 0 amide bonds. The first-order valence-corrected chi connectivity index (χ1v) is 6.04. The van der Waals surface area contributed by atoms with E-state index in [-0.39, 0.29) is 22.9 Å². The third kappa shape index (κ3) is 1.69. The second-order valence-corrected chi connectivity index (χ2v) is 4.83. The number of aromatic nitrogens is 1. The van der Waals surface area contributed by atoms with Crippen LogP contribution in [-0.4, -0.2) is 15.2 Å². The predicted molar refractivity (Wildman–Crippen MR) is 68.3 cm³/mol. The van der Waals surface area contributed by atoms with Crippen LogP contribution >= 0.6 is 11.3 Å². The van der Waals surface area contributed by atoms with E-state index < -0.39 is 0 Å². The molecule has 2 N–H and O–H groups in total. The molecule has 0 bridgehead atoms. The molecule has 0 unspecified atom stereocenters. The number of hydrogen-bond acceptors (Lipinski definition) is 4. The number of benzene rings is 2. The maximum atomic E-state index is 13.1. The summed E-state index contributed by atoms with van der Waals surface area (Å²) in [6.07, 6.45) is 0. The molecule has 0 aliphatic heterocycles. The zero-order valence-electron chi connectivity index (χ0n) is 9.09. The maximum Gasteiger partial charge on any atom is 0.132 e. The summed E-state index contributed by atoms with van der Waals surface area (Å²) in [5, 5.41) is 20.0. The zero-order chi connectivity index (χ0) is 12.7. The lowest BCUT2D eigenvalue weighted by Gasteiger charge is -2.02. The summed E-state index contributed by atoms with van der Waals surface area (Å²) >= 11 is 1.22. The van der Waals surface area contributed by atoms with Crippen LogP contribution in [0.4, 0.5) is 4.39 Å². The van der Waals surface area contributed by atoms with Crippen molar-refractivity contribution in [1.82, 2.24) is 4.98 Å². The van der Waals surface area contributed by atoms with Gasteiger partial charge in [-0.2, -0.15) is 0 Å². The van der Waals surface area contributed by atoms with Crippen LogP contribution < -0.4 is 0 Å². The van der Waals surface area contributed by atoms with Gasteiger partial charge in [-0.05, 0) is 30.3 Å². The number of fused-ring (bicyclic) bond motifs is 1. The van der Waals surface area contributed by atoms with Gasteiger partial charge in [-0.3, -0.25) is 0 Å². The molecule has 90 valence electrons. The zero-order valence-corrected chi connectivity index (χ0v) is 9.91. The average Bonchev–Trinajstić information content (AvgIpc) is 2.71. The summed E-state index contributed by atoms with van der Waals surface area (Å²) in [6.45, 7) is 0. The Kier molecular flexibility index (Phi) is 2.41. The highest BCUT2D eigenvalue weighted by Gasteiger charge is 2.14. The van der Waals surface area contributed by atoms with Crippen molar-refractivity contribution in [3.05, 3.63) is 42.2 Å². The number of phenols is 2. The highest BCUT2D eigenvalue weighted by Crippen LogP contribution is 2.40. The van der Waals surface area contributed by atoms with Crippen LogP contribution in [0.3, 0.4) is 0 Å². The van der Waals surface area contributed by atoms with Crippen LogP contribution in [0.2, 0.25) is 0 Å². The molecule has 5 heteroatoms. The van der Waals surface area contributed by atoms with Gasteiger partial charge in [0.15, 0.2) is 0 Å². The van der Waals surface area contributed by atoms with Crippen LogP contribution in [0.25, 0.3) is 20.8 Å². The smallest absolute Gasteiger partial charge is 0.132 e. The molecule has 0 radical (unpaired) electrons. The van der Waals surface area contributed by atoms with E-state index in [2.05, 4.69) is 4.98 Å². The van der Waals surface area contributed by atoms with Crippen molar-refractivity contribution < 1.29 is 14.6 Å². The molecule has 0 aliphatic carbocycles. The average molecular weight is 261 g/mol. The Bertz CT molecular complexity index is 719. The highest BCUT2D eigenvalue weighted by atomic mass is 32.1. The van der Waals surface area contributed by atoms with Crippen LogP contribution in [0, 0.1) is 5.82 Å². The van der Waals surface area contributed by atoms with Crippen LogP contribution in [0.15, 0.2) is 36.4 Å². The third-order valence-corrected chi connectivity index (χ3v) is 3.62. The fraction of sp³-hybridized carbons (Fsp3) is 0. The molecule has 3 nitrogen and oxygen atoms in total. The van der Waals surface area contributed by atoms with Gasteiger partial charge in [0.05, 0.1) is 15.8 Å². The highest BCUT2D eigenvalue weighted by molar-refractivity contribution is 7.21. The summed E-state index contributed by atoms with van der Waals surface area (Å²) in [5.74, 6) is -0.428. The fourth-order valence-corrected chi connectivity index (χ4v) is 2.81. The standard InChI is InChI=1S/C13H8FNO2S/c14-7-4-5-8-11(6-7)18-13(15-8)12-9(16)2-1-3-10(12)17/h1-6,16-17H. The Hall–Kier alpha value is -2.14. The number of nitrogens with zero attached hydrogens (tertiary/aromatic N) is 1. The predicted octanol–water partition coefficient (Wildman–Crippen LogP) is 3.51. The SMILES string of the molecule is Oc1cccc(O)c1-c1nc2ccc(F)cc2s1. The number of thiazole rings is 1. The minimum atomic E-state index is -0.334. The normalized spacial score (nSPS) is 10.9. The fourth-order valence-electron chi connectivity index (χ4n) is 1.75. The van der Waals surface area contributed by atoms with E-state index in [9.17, 15) is 14.6 Å². The molecule has 0 aliphatic rings. The first-order valence-electron chi connectivity index (χ1n) is 5.22. The molecular formula is C13H8FNO2S. The topological polar surface area (TPSA) is 53.4 Å². The van der Waals surface area contributed by atoms with Crippen molar-refractivity contribution in [3.8, 4) is 22.1 Å². The van der Waals surface area contributed by atoms with E-state index in [0.717, 1.165) is 0 Å². The van der Waals surface area contributed by atoms with Crippen LogP contribution in [0.5, 0.6) is 11.5 Å². The van der Waals surface area contributed by atoms with Gasteiger partial charge in [-0.25, -0.2) is 9.37 Å². The van der Waals surface area contributed by atoms with E-state index in [1.54, 1.807) is 12.1 Å². The van der Waals surface area contributed by atoms with E-state index in [0.29, 0.717) is 15.2 Å². The van der Waals surface area contributed by atoms with Crippen molar-refractivity contribution in [2.24, 2.45) is 0 Å². The third-order valence-electron chi connectivity index (χ3n) is 2.58. The summed E-state index contributed by atoms with van der Waals surface area (Å²) in [5.41, 5.74) is 0.915. The first-order chi connectivity index (χ1) is 8.65. The molecule has 0 saturated heterocycles. The molecular weight excluding hydrogens is 253 g/mol. The lowest BCUT2D eigenvalue weighted by atomic mass is 10.2. The summed E-state index contributed by atoms with van der Waals surface area (Å²) < 4.78 is 13.8. The van der Waals surface area contributed by atoms with Gasteiger partial charge in [-0.1, -0.05) is 6.07 Å². The number of aromatic hydroxyl groups is 2. The second-order valence-electron chi connectivity index (χ2n) is 3.80. The summed E-state index contributed by atoms with van der Waals surface area (Å²) in [4.78, 5) is 4.28. The van der Waals surface area contributed by atoms with Crippen LogP contribution in [-0.2, 0) is 0 Å². The van der Waals surface area contributed by atoms with Crippen molar-refractivity contribution in [2.45, 2.75) is 0 Å². The molecule has 1 heterocycles. The number of hydrogen-bond donors (Lipinski definition) is 2. The van der Waals surface area contributed by atoms with Crippen molar-refractivity contribution in [3.63, 3.8) is 0 Å². The maximum absolute atomic E-state index is 13.1. The van der Waals surface area contributed by atoms with Gasteiger partial charge in [-0.15, -0.1) is 11.3 Å². The molecule has 0 saturated carbocycles. The van der Waals surface area contributed by atoms with Crippen LogP contribution in [0.1, 0.15) is 0 Å². The van der Waals surface area contributed by atoms with Crippen molar-refractivity contribution in [2.75, 3.05) is 0 Å². The van der Waals surface area contributed by atoms with Gasteiger partial charge < -0.3 is 10.2 Å². The molecule has 1 aromatic heterocycles. The Balaban J connectivity index is 2.26. The lowest BCUT2D eigenvalue weighted by Crippen LogP contribution is -1.79. The molecule has 0 spiro atoms. The summed E-state index contributed by atoms with van der Waals surface area (Å²) in [7, 11) is 0. The van der Waals surface area contributed by atoms with E-state index in [1.807, 2.05) is 0 Å². The van der Waals surface area contributed by atoms with Gasteiger partial charge in [0.1, 0.15) is 22.3 Å². The second kappa shape index (κ2) is 3.96. The van der Waals surface area contributed by atoms with E-state index >= 15 is 0 Å². The van der Waals surface area contributed by atoms with Gasteiger partial charge in [0, 0.05) is 0 Å². The first kappa shape index (κ1) is 11.0.